The topological polar surface area (TPSA) is 104 Å². The molecule has 30 heavy (non-hydrogen) atoms. The molecule has 0 heterocycles. The molecule has 0 aliphatic carbocycles. The molecule has 7 nitrogen and oxygen atoms in total. The number of esters is 1. The molecule has 0 aromatic heterocycles. The van der Waals surface area contributed by atoms with E-state index < -0.39 is 20.7 Å². The second-order valence-electron chi connectivity index (χ2n) is 6.38. The molecular formula is C21H16ClNO6S. The predicted molar refractivity (Wildman–Crippen MR) is 111 cm³/mol. The average Bonchev–Trinajstić information content (AvgIpc) is 2.73. The van der Waals surface area contributed by atoms with Crippen molar-refractivity contribution in [2.75, 3.05) is 0 Å². The molecule has 0 unspecified atom stereocenters. The second-order valence-corrected chi connectivity index (χ2v) is 8.77. The van der Waals surface area contributed by atoms with Crippen LogP contribution in [0.15, 0.2) is 77.7 Å². The highest BCUT2D eigenvalue weighted by Gasteiger charge is 2.16. The molecule has 0 bridgehead atoms. The zero-order chi connectivity index (χ0) is 21.7. The Morgan fingerprint density at radius 3 is 2.27 bits per heavy atom. The van der Waals surface area contributed by atoms with Gasteiger partial charge in [-0.25, -0.2) is 13.2 Å². The molecule has 0 N–H and O–H groups in total. The third-order valence-corrected chi connectivity index (χ3v) is 6.31. The van der Waals surface area contributed by atoms with Gasteiger partial charge in [0.2, 0.25) is 0 Å². The normalized spacial score (nSPS) is 11.1. The van der Waals surface area contributed by atoms with Crippen LogP contribution in [-0.4, -0.2) is 19.3 Å². The van der Waals surface area contributed by atoms with Crippen LogP contribution in [0.5, 0.6) is 0 Å². The fourth-order valence-electron chi connectivity index (χ4n) is 2.66. The zero-order valence-electron chi connectivity index (χ0n) is 15.5. The smallest absolute Gasteiger partial charge is 0.338 e. The number of hydrogen-bond donors (Lipinski definition) is 0. The van der Waals surface area contributed by atoms with Crippen molar-refractivity contribution in [3.05, 3.63) is 105 Å². The molecule has 0 radical (unpaired) electrons. The molecule has 0 saturated carbocycles. The molecule has 0 amide bonds. The molecule has 0 aliphatic heterocycles. The Kier molecular flexibility index (Phi) is 6.49. The molecule has 0 fully saturated rings. The lowest BCUT2D eigenvalue weighted by Crippen LogP contribution is -2.07. The van der Waals surface area contributed by atoms with Crippen molar-refractivity contribution in [2.24, 2.45) is 0 Å². The highest BCUT2D eigenvalue weighted by molar-refractivity contribution is 7.90. The van der Waals surface area contributed by atoms with E-state index in [-0.39, 0.29) is 33.5 Å². The van der Waals surface area contributed by atoms with Crippen LogP contribution in [0, 0.1) is 10.1 Å². The first-order valence-corrected chi connectivity index (χ1v) is 10.8. The van der Waals surface area contributed by atoms with Crippen molar-refractivity contribution in [2.45, 2.75) is 17.3 Å². The van der Waals surface area contributed by atoms with Gasteiger partial charge in [-0.1, -0.05) is 41.9 Å². The zero-order valence-corrected chi connectivity index (χ0v) is 17.1. The molecule has 154 valence electrons. The lowest BCUT2D eigenvalue weighted by molar-refractivity contribution is -0.384. The summed E-state index contributed by atoms with van der Waals surface area (Å²) in [6, 6.07) is 18.1. The van der Waals surface area contributed by atoms with Gasteiger partial charge in [0.25, 0.3) is 5.69 Å². The van der Waals surface area contributed by atoms with Crippen LogP contribution in [0.4, 0.5) is 5.69 Å². The highest BCUT2D eigenvalue weighted by atomic mass is 35.5. The molecular weight excluding hydrogens is 430 g/mol. The van der Waals surface area contributed by atoms with Crippen molar-refractivity contribution in [3.63, 3.8) is 0 Å². The Balaban J connectivity index is 1.63. The van der Waals surface area contributed by atoms with Crippen LogP contribution in [0.1, 0.15) is 21.5 Å². The summed E-state index contributed by atoms with van der Waals surface area (Å²) in [5.74, 6) is -0.813. The fourth-order valence-corrected chi connectivity index (χ4v) is 4.26. The van der Waals surface area contributed by atoms with E-state index in [2.05, 4.69) is 0 Å². The summed E-state index contributed by atoms with van der Waals surface area (Å²) in [6.07, 6.45) is 0. The van der Waals surface area contributed by atoms with Crippen molar-refractivity contribution in [1.82, 2.24) is 0 Å². The van der Waals surface area contributed by atoms with Crippen molar-refractivity contribution < 1.29 is 22.9 Å². The Hall–Kier alpha value is -3.23. The minimum Gasteiger partial charge on any atom is -0.457 e. The maximum Gasteiger partial charge on any atom is 0.338 e. The Labute approximate surface area is 177 Å². The van der Waals surface area contributed by atoms with Gasteiger partial charge in [-0.2, -0.15) is 0 Å². The Morgan fingerprint density at radius 1 is 1.00 bits per heavy atom. The summed E-state index contributed by atoms with van der Waals surface area (Å²) in [7, 11) is -3.49. The lowest BCUT2D eigenvalue weighted by atomic mass is 10.1. The van der Waals surface area contributed by atoms with E-state index in [4.69, 9.17) is 16.3 Å². The quantitative estimate of drug-likeness (QED) is 0.299. The average molecular weight is 446 g/mol. The van der Waals surface area contributed by atoms with Crippen LogP contribution in [0.2, 0.25) is 5.02 Å². The van der Waals surface area contributed by atoms with Gasteiger partial charge < -0.3 is 4.74 Å². The van der Waals surface area contributed by atoms with Crippen molar-refractivity contribution >= 4 is 33.1 Å². The summed E-state index contributed by atoms with van der Waals surface area (Å²) in [5.41, 5.74) is 1.06. The number of carbonyl (C=O) groups excluding carboxylic acids is 1. The number of ether oxygens (including phenoxy) is 1. The van der Waals surface area contributed by atoms with Crippen LogP contribution in [0.25, 0.3) is 0 Å². The van der Waals surface area contributed by atoms with Crippen LogP contribution in [0.3, 0.4) is 0 Å². The van der Waals surface area contributed by atoms with Gasteiger partial charge in [0.15, 0.2) is 9.84 Å². The molecule has 3 rings (SSSR count). The minimum absolute atomic E-state index is 0.124. The van der Waals surface area contributed by atoms with E-state index in [0.29, 0.717) is 11.1 Å². The van der Waals surface area contributed by atoms with Crippen molar-refractivity contribution in [3.8, 4) is 0 Å². The third kappa shape index (κ3) is 5.22. The molecule has 0 atom stereocenters. The van der Waals surface area contributed by atoms with Gasteiger partial charge in [-0.3, -0.25) is 10.1 Å². The number of nitrogens with zero attached hydrogens (tertiary/aromatic N) is 1. The van der Waals surface area contributed by atoms with E-state index in [1.54, 1.807) is 30.3 Å². The minimum atomic E-state index is -3.49. The van der Waals surface area contributed by atoms with Gasteiger partial charge in [0.1, 0.15) is 6.61 Å². The van der Waals surface area contributed by atoms with Crippen LogP contribution < -0.4 is 0 Å². The number of halogens is 1. The van der Waals surface area contributed by atoms with E-state index in [0.717, 1.165) is 0 Å². The molecule has 3 aromatic carbocycles. The number of rotatable bonds is 7. The first-order valence-electron chi connectivity index (χ1n) is 8.73. The summed E-state index contributed by atoms with van der Waals surface area (Å²) in [5, 5.41) is 10.9. The summed E-state index contributed by atoms with van der Waals surface area (Å²) in [4.78, 5) is 22.6. The molecule has 9 heteroatoms. The van der Waals surface area contributed by atoms with Gasteiger partial charge in [-0.15, -0.1) is 0 Å². The SMILES string of the molecule is O=C(OCc1ccc([N+](=O)[O-])cc1Cl)c1ccc(CS(=O)(=O)c2ccccc2)cc1. The number of nitro benzene ring substituents is 1. The Bertz CT molecular complexity index is 1180. The first-order chi connectivity index (χ1) is 14.3. The van der Waals surface area contributed by atoms with Crippen LogP contribution in [-0.2, 0) is 26.9 Å². The van der Waals surface area contributed by atoms with Gasteiger partial charge in [0, 0.05) is 17.7 Å². The third-order valence-electron chi connectivity index (χ3n) is 4.25. The van der Waals surface area contributed by atoms with Gasteiger partial charge in [-0.05, 0) is 35.9 Å². The van der Waals surface area contributed by atoms with Gasteiger partial charge >= 0.3 is 5.97 Å². The number of non-ortho nitro benzene ring substituents is 1. The maximum absolute atomic E-state index is 12.4. The summed E-state index contributed by atoms with van der Waals surface area (Å²) < 4.78 is 30.1. The number of nitro groups is 1. The monoisotopic (exact) mass is 445 g/mol. The lowest BCUT2D eigenvalue weighted by Gasteiger charge is -2.08. The largest absolute Gasteiger partial charge is 0.457 e. The van der Waals surface area contributed by atoms with Gasteiger partial charge in [0.05, 0.1) is 26.2 Å². The maximum atomic E-state index is 12.4. The van der Waals surface area contributed by atoms with E-state index in [1.807, 2.05) is 0 Å². The van der Waals surface area contributed by atoms with E-state index in [1.165, 1.54) is 42.5 Å². The fraction of sp³-hybridized carbons (Fsp3) is 0.0952. The summed E-state index contributed by atoms with van der Waals surface area (Å²) >= 11 is 5.98. The van der Waals surface area contributed by atoms with E-state index >= 15 is 0 Å². The first kappa shape index (κ1) is 21.5. The molecule has 3 aromatic rings. The molecule has 0 aliphatic rings. The summed E-state index contributed by atoms with van der Waals surface area (Å²) in [6.45, 7) is -0.153. The number of sulfone groups is 1. The number of carbonyl (C=O) groups is 1. The molecule has 0 saturated heterocycles. The number of benzene rings is 3. The Morgan fingerprint density at radius 2 is 1.67 bits per heavy atom. The highest BCUT2D eigenvalue weighted by Crippen LogP contribution is 2.23. The standard InChI is InChI=1S/C21H16ClNO6S/c22-20-12-18(23(25)26)11-10-17(20)13-29-21(24)16-8-6-15(7-9-16)14-30(27,28)19-4-2-1-3-5-19/h1-12H,13-14H2. The predicted octanol–water partition coefficient (Wildman–Crippen LogP) is 4.58. The second kappa shape index (κ2) is 9.06. The van der Waals surface area contributed by atoms with Crippen LogP contribution >= 0.6 is 11.6 Å². The molecule has 0 spiro atoms. The van der Waals surface area contributed by atoms with Crippen molar-refractivity contribution in [1.29, 1.82) is 0 Å². The van der Waals surface area contributed by atoms with E-state index in [9.17, 15) is 23.3 Å². The number of hydrogen-bond acceptors (Lipinski definition) is 6.